The molecule has 0 aromatic heterocycles. The van der Waals surface area contributed by atoms with Crippen molar-refractivity contribution in [1.82, 2.24) is 0 Å². The zero-order chi connectivity index (χ0) is 14.7. The molecule has 0 saturated carbocycles. The Balaban J connectivity index is 2.13. The van der Waals surface area contributed by atoms with Crippen molar-refractivity contribution >= 4 is 27.3 Å². The number of nitro benzene ring substituents is 1. The highest BCUT2D eigenvalue weighted by Gasteiger charge is 2.11. The number of hydrogen-bond acceptors (Lipinski definition) is 3. The summed E-state index contributed by atoms with van der Waals surface area (Å²) < 4.78 is 0.480. The van der Waals surface area contributed by atoms with Crippen LogP contribution in [0.4, 0.5) is 11.4 Å². The van der Waals surface area contributed by atoms with Gasteiger partial charge in [0.1, 0.15) is 0 Å². The van der Waals surface area contributed by atoms with Gasteiger partial charge in [0.05, 0.1) is 9.40 Å². The summed E-state index contributed by atoms with van der Waals surface area (Å²) in [5.41, 5.74) is 4.67. The maximum Gasteiger partial charge on any atom is 0.283 e. The van der Waals surface area contributed by atoms with Crippen LogP contribution in [-0.4, -0.2) is 4.92 Å². The summed E-state index contributed by atoms with van der Waals surface area (Å²) in [7, 11) is 0. The van der Waals surface area contributed by atoms with Gasteiger partial charge >= 0.3 is 0 Å². The summed E-state index contributed by atoms with van der Waals surface area (Å²) in [4.78, 5) is 10.3. The van der Waals surface area contributed by atoms with Crippen LogP contribution in [0.5, 0.6) is 0 Å². The molecule has 2 aromatic carbocycles. The average Bonchev–Trinajstić information content (AvgIpc) is 2.40. The Morgan fingerprint density at radius 1 is 1.25 bits per heavy atom. The van der Waals surface area contributed by atoms with Crippen molar-refractivity contribution < 1.29 is 4.92 Å². The number of rotatable bonds is 4. The van der Waals surface area contributed by atoms with Crippen molar-refractivity contribution in [1.29, 1.82) is 0 Å². The third-order valence-electron chi connectivity index (χ3n) is 3.34. The molecule has 4 nitrogen and oxygen atoms in total. The molecule has 0 aliphatic carbocycles. The third kappa shape index (κ3) is 3.17. The van der Waals surface area contributed by atoms with Gasteiger partial charge in [0.2, 0.25) is 0 Å². The summed E-state index contributed by atoms with van der Waals surface area (Å²) in [6.45, 7) is 4.87. The lowest BCUT2D eigenvalue weighted by Crippen LogP contribution is -2.02. The topological polar surface area (TPSA) is 55.2 Å². The van der Waals surface area contributed by atoms with E-state index in [4.69, 9.17) is 0 Å². The molecule has 0 aliphatic heterocycles. The monoisotopic (exact) mass is 334 g/mol. The number of nitro groups is 1. The van der Waals surface area contributed by atoms with Gasteiger partial charge in [-0.05, 0) is 58.6 Å². The highest BCUT2D eigenvalue weighted by Crippen LogP contribution is 2.28. The maximum absolute atomic E-state index is 10.7. The van der Waals surface area contributed by atoms with Crippen molar-refractivity contribution in [3.8, 4) is 0 Å². The Hall–Kier alpha value is -1.88. The van der Waals surface area contributed by atoms with E-state index in [1.165, 1.54) is 22.8 Å². The zero-order valence-corrected chi connectivity index (χ0v) is 12.9. The Labute approximate surface area is 126 Å². The summed E-state index contributed by atoms with van der Waals surface area (Å²) in [6.07, 6.45) is 0. The first-order valence-electron chi connectivity index (χ1n) is 6.22. The standard InChI is InChI=1S/C15H15BrN2O2/c1-10-4-3-5-12(11(10)2)9-17-13-6-7-15(18(19)20)14(16)8-13/h3-8,17H,9H2,1-2H3. The minimum Gasteiger partial charge on any atom is -0.381 e. The van der Waals surface area contributed by atoms with Crippen molar-refractivity contribution in [2.75, 3.05) is 5.32 Å². The van der Waals surface area contributed by atoms with Crippen molar-refractivity contribution in [2.24, 2.45) is 0 Å². The highest BCUT2D eigenvalue weighted by molar-refractivity contribution is 9.10. The molecule has 0 aliphatic rings. The van der Waals surface area contributed by atoms with Gasteiger partial charge in [-0.2, -0.15) is 0 Å². The summed E-state index contributed by atoms with van der Waals surface area (Å²) >= 11 is 3.22. The van der Waals surface area contributed by atoms with Gasteiger partial charge in [-0.25, -0.2) is 0 Å². The molecule has 1 N–H and O–H groups in total. The molecule has 0 unspecified atom stereocenters. The number of anilines is 1. The summed E-state index contributed by atoms with van der Waals surface area (Å²) in [5, 5.41) is 14.0. The largest absolute Gasteiger partial charge is 0.381 e. The van der Waals surface area contributed by atoms with Gasteiger partial charge in [-0.15, -0.1) is 0 Å². The number of nitrogens with zero attached hydrogens (tertiary/aromatic N) is 1. The first kappa shape index (κ1) is 14.5. The van der Waals surface area contributed by atoms with E-state index in [9.17, 15) is 10.1 Å². The van der Waals surface area contributed by atoms with E-state index in [1.807, 2.05) is 6.07 Å². The molecule has 0 atom stereocenters. The van der Waals surface area contributed by atoms with E-state index in [1.54, 1.807) is 12.1 Å². The number of halogens is 1. The van der Waals surface area contributed by atoms with Gasteiger partial charge in [0.25, 0.3) is 5.69 Å². The van der Waals surface area contributed by atoms with Gasteiger partial charge < -0.3 is 5.32 Å². The lowest BCUT2D eigenvalue weighted by Gasteiger charge is -2.11. The van der Waals surface area contributed by atoms with Gasteiger partial charge in [-0.1, -0.05) is 18.2 Å². The fourth-order valence-corrected chi connectivity index (χ4v) is 2.49. The molecule has 5 heteroatoms. The predicted molar refractivity (Wildman–Crippen MR) is 84.0 cm³/mol. The van der Waals surface area contributed by atoms with Crippen LogP contribution in [0.1, 0.15) is 16.7 Å². The van der Waals surface area contributed by atoms with E-state index in [0.29, 0.717) is 11.0 Å². The van der Waals surface area contributed by atoms with E-state index in [0.717, 1.165) is 5.69 Å². The molecule has 0 saturated heterocycles. The number of aryl methyl sites for hydroxylation is 1. The first-order valence-corrected chi connectivity index (χ1v) is 7.01. The Kier molecular flexibility index (Phi) is 4.39. The number of nitrogens with one attached hydrogen (secondary N) is 1. The highest BCUT2D eigenvalue weighted by atomic mass is 79.9. The molecule has 0 amide bonds. The molecule has 104 valence electrons. The molecular weight excluding hydrogens is 320 g/mol. The lowest BCUT2D eigenvalue weighted by molar-refractivity contribution is -0.385. The van der Waals surface area contributed by atoms with Crippen LogP contribution in [0.25, 0.3) is 0 Å². The summed E-state index contributed by atoms with van der Waals surface area (Å²) in [6, 6.07) is 11.1. The van der Waals surface area contributed by atoms with Crippen LogP contribution >= 0.6 is 15.9 Å². The lowest BCUT2D eigenvalue weighted by atomic mass is 10.0. The van der Waals surface area contributed by atoms with Gasteiger partial charge in [0.15, 0.2) is 0 Å². The Bertz CT molecular complexity index is 656. The van der Waals surface area contributed by atoms with Crippen molar-refractivity contribution in [3.05, 3.63) is 67.7 Å². The van der Waals surface area contributed by atoms with Crippen molar-refractivity contribution in [2.45, 2.75) is 20.4 Å². The molecular formula is C15H15BrN2O2. The second-order valence-corrected chi connectivity index (χ2v) is 5.49. The van der Waals surface area contributed by atoms with E-state index in [-0.39, 0.29) is 5.69 Å². The minimum atomic E-state index is -0.404. The summed E-state index contributed by atoms with van der Waals surface area (Å²) in [5.74, 6) is 0. The van der Waals surface area contributed by atoms with Crippen LogP contribution in [0.15, 0.2) is 40.9 Å². The maximum atomic E-state index is 10.7. The molecule has 0 fully saturated rings. The average molecular weight is 335 g/mol. The Morgan fingerprint density at radius 2 is 2.00 bits per heavy atom. The number of benzene rings is 2. The number of hydrogen-bond donors (Lipinski definition) is 1. The predicted octanol–water partition coefficient (Wildman–Crippen LogP) is 4.59. The Morgan fingerprint density at radius 3 is 2.65 bits per heavy atom. The zero-order valence-electron chi connectivity index (χ0n) is 11.3. The molecule has 20 heavy (non-hydrogen) atoms. The van der Waals surface area contributed by atoms with Gasteiger partial charge in [-0.3, -0.25) is 10.1 Å². The normalized spacial score (nSPS) is 10.3. The fourth-order valence-electron chi connectivity index (χ4n) is 1.97. The molecule has 2 aromatic rings. The quantitative estimate of drug-likeness (QED) is 0.657. The van der Waals surface area contributed by atoms with Crippen molar-refractivity contribution in [3.63, 3.8) is 0 Å². The van der Waals surface area contributed by atoms with Gasteiger partial charge in [0, 0.05) is 18.3 Å². The molecule has 0 bridgehead atoms. The second kappa shape index (κ2) is 6.05. The second-order valence-electron chi connectivity index (χ2n) is 4.64. The molecule has 0 radical (unpaired) electrons. The van der Waals surface area contributed by atoms with E-state index in [2.05, 4.69) is 47.2 Å². The van der Waals surface area contributed by atoms with Crippen LogP contribution in [0.2, 0.25) is 0 Å². The minimum absolute atomic E-state index is 0.0716. The van der Waals surface area contributed by atoms with Crippen LogP contribution in [0.3, 0.4) is 0 Å². The first-order chi connectivity index (χ1) is 9.49. The molecule has 2 rings (SSSR count). The van der Waals surface area contributed by atoms with Crippen LogP contribution < -0.4 is 5.32 Å². The SMILES string of the molecule is Cc1cccc(CNc2ccc([N+](=O)[O-])c(Br)c2)c1C. The van der Waals surface area contributed by atoms with Crippen LogP contribution in [0, 0.1) is 24.0 Å². The smallest absolute Gasteiger partial charge is 0.283 e. The fraction of sp³-hybridized carbons (Fsp3) is 0.200. The van der Waals surface area contributed by atoms with Crippen LogP contribution in [-0.2, 0) is 6.54 Å². The molecule has 0 spiro atoms. The third-order valence-corrected chi connectivity index (χ3v) is 3.98. The molecule has 0 heterocycles. The van der Waals surface area contributed by atoms with E-state index >= 15 is 0 Å². The van der Waals surface area contributed by atoms with E-state index < -0.39 is 4.92 Å².